The fourth-order valence-corrected chi connectivity index (χ4v) is 3.71. The molecule has 1 heterocycles. The van der Waals surface area contributed by atoms with Crippen molar-refractivity contribution in [3.05, 3.63) is 66.2 Å². The lowest BCUT2D eigenvalue weighted by Crippen LogP contribution is -2.15. The Balaban J connectivity index is 1.85. The highest BCUT2D eigenvalue weighted by atomic mass is 32.2. The highest BCUT2D eigenvalue weighted by Gasteiger charge is 2.17. The van der Waals surface area contributed by atoms with Crippen molar-refractivity contribution in [2.75, 3.05) is 4.72 Å². The van der Waals surface area contributed by atoms with Gasteiger partial charge in [0.05, 0.1) is 10.6 Å². The van der Waals surface area contributed by atoms with E-state index in [1.165, 1.54) is 4.68 Å². The normalized spacial score (nSPS) is 11.4. The van der Waals surface area contributed by atoms with Crippen molar-refractivity contribution in [3.63, 3.8) is 0 Å². The van der Waals surface area contributed by atoms with Gasteiger partial charge in [0.2, 0.25) is 0 Å². The number of anilines is 1. The van der Waals surface area contributed by atoms with Crippen LogP contribution in [-0.4, -0.2) is 18.2 Å². The van der Waals surface area contributed by atoms with Gasteiger partial charge in [-0.1, -0.05) is 55.8 Å². The van der Waals surface area contributed by atoms with Gasteiger partial charge in [-0.05, 0) is 24.1 Å². The summed E-state index contributed by atoms with van der Waals surface area (Å²) in [6.45, 7) is 2.10. The summed E-state index contributed by atoms with van der Waals surface area (Å²) >= 11 is 0. The summed E-state index contributed by atoms with van der Waals surface area (Å²) in [7, 11) is -1.93. The second-order valence-corrected chi connectivity index (χ2v) is 7.59. The van der Waals surface area contributed by atoms with Gasteiger partial charge >= 0.3 is 0 Å². The average Bonchev–Trinajstić information content (AvgIpc) is 2.97. The van der Waals surface area contributed by atoms with Crippen LogP contribution in [-0.2, 0) is 23.5 Å². The molecule has 5 nitrogen and oxygen atoms in total. The summed E-state index contributed by atoms with van der Waals surface area (Å²) in [5, 5.41) is 4.39. The number of rotatable bonds is 6. The zero-order valence-electron chi connectivity index (χ0n) is 14.3. The van der Waals surface area contributed by atoms with Crippen LogP contribution < -0.4 is 4.72 Å². The van der Waals surface area contributed by atoms with Crippen LogP contribution >= 0.6 is 0 Å². The van der Waals surface area contributed by atoms with E-state index in [1.807, 2.05) is 42.5 Å². The molecule has 1 aromatic heterocycles. The molecule has 3 rings (SSSR count). The number of aryl methyl sites for hydroxylation is 2. The van der Waals surface area contributed by atoms with Crippen molar-refractivity contribution in [1.29, 1.82) is 0 Å². The summed E-state index contributed by atoms with van der Waals surface area (Å²) in [6, 6.07) is 18.4. The Morgan fingerprint density at radius 1 is 1.04 bits per heavy atom. The van der Waals surface area contributed by atoms with E-state index in [0.717, 1.165) is 29.7 Å². The van der Waals surface area contributed by atoms with Gasteiger partial charge in [-0.25, -0.2) is 8.42 Å². The van der Waals surface area contributed by atoms with Gasteiger partial charge in [-0.3, -0.25) is 9.40 Å². The zero-order valence-corrected chi connectivity index (χ0v) is 15.1. The van der Waals surface area contributed by atoms with Crippen molar-refractivity contribution >= 4 is 15.8 Å². The van der Waals surface area contributed by atoms with Crippen LogP contribution in [0.3, 0.4) is 0 Å². The molecule has 0 aliphatic heterocycles. The first-order chi connectivity index (χ1) is 12.0. The van der Waals surface area contributed by atoms with Gasteiger partial charge in [0.1, 0.15) is 5.82 Å². The fraction of sp³-hybridized carbons (Fsp3) is 0.211. The summed E-state index contributed by atoms with van der Waals surface area (Å²) in [4.78, 5) is 0.245. The minimum atomic E-state index is -3.65. The first-order valence-corrected chi connectivity index (χ1v) is 9.69. The van der Waals surface area contributed by atoms with Crippen LogP contribution in [0.15, 0.2) is 65.6 Å². The number of nitrogens with one attached hydrogen (secondary N) is 1. The molecule has 0 spiro atoms. The minimum Gasteiger partial charge on any atom is -0.264 e. The molecule has 0 bridgehead atoms. The molecule has 1 N–H and O–H groups in total. The van der Waals surface area contributed by atoms with Crippen molar-refractivity contribution < 1.29 is 8.42 Å². The van der Waals surface area contributed by atoms with E-state index in [0.29, 0.717) is 5.82 Å². The molecule has 0 aliphatic rings. The molecule has 0 saturated heterocycles. The third kappa shape index (κ3) is 3.91. The van der Waals surface area contributed by atoms with E-state index in [1.54, 1.807) is 25.2 Å². The average molecular weight is 355 g/mol. The second kappa shape index (κ2) is 7.11. The largest absolute Gasteiger partial charge is 0.264 e. The molecule has 0 atom stereocenters. The molecule has 0 amide bonds. The molecule has 25 heavy (non-hydrogen) atoms. The first kappa shape index (κ1) is 17.2. The van der Waals surface area contributed by atoms with Crippen molar-refractivity contribution in [2.24, 2.45) is 7.05 Å². The van der Waals surface area contributed by atoms with Gasteiger partial charge in [-0.2, -0.15) is 5.10 Å². The smallest absolute Gasteiger partial charge is 0.263 e. The molecule has 0 radical (unpaired) electrons. The molecule has 0 aliphatic carbocycles. The standard InChI is InChI=1S/C19H21N3O2S/c1-3-7-15-10-12-17(13-11-15)25(23,24)21-19-14-18(20-22(19)2)16-8-5-4-6-9-16/h4-6,8-14,21H,3,7H2,1-2H3. The Morgan fingerprint density at radius 3 is 2.36 bits per heavy atom. The molecule has 6 heteroatoms. The summed E-state index contributed by atoms with van der Waals surface area (Å²) < 4.78 is 29.4. The highest BCUT2D eigenvalue weighted by molar-refractivity contribution is 7.92. The van der Waals surface area contributed by atoms with E-state index in [-0.39, 0.29) is 4.90 Å². The first-order valence-electron chi connectivity index (χ1n) is 8.21. The van der Waals surface area contributed by atoms with E-state index in [9.17, 15) is 8.42 Å². The minimum absolute atomic E-state index is 0.245. The Labute approximate surface area is 148 Å². The van der Waals surface area contributed by atoms with Crippen molar-refractivity contribution in [2.45, 2.75) is 24.7 Å². The van der Waals surface area contributed by atoms with E-state index < -0.39 is 10.0 Å². The summed E-state index contributed by atoms with van der Waals surface area (Å²) in [5.41, 5.74) is 2.79. The maximum absolute atomic E-state index is 12.6. The zero-order chi connectivity index (χ0) is 17.9. The van der Waals surface area contributed by atoms with Gasteiger partial charge in [0, 0.05) is 18.7 Å². The highest BCUT2D eigenvalue weighted by Crippen LogP contribution is 2.23. The van der Waals surface area contributed by atoms with Gasteiger partial charge in [-0.15, -0.1) is 0 Å². The number of hydrogen-bond donors (Lipinski definition) is 1. The van der Waals surface area contributed by atoms with E-state index >= 15 is 0 Å². The van der Waals surface area contributed by atoms with E-state index in [2.05, 4.69) is 16.7 Å². The predicted octanol–water partition coefficient (Wildman–Crippen LogP) is 3.84. The molecule has 2 aromatic carbocycles. The van der Waals surface area contributed by atoms with Crippen LogP contribution in [0.1, 0.15) is 18.9 Å². The lowest BCUT2D eigenvalue weighted by Gasteiger charge is -2.08. The fourth-order valence-electron chi connectivity index (χ4n) is 2.63. The van der Waals surface area contributed by atoms with Gasteiger partial charge in [0.15, 0.2) is 0 Å². The SMILES string of the molecule is CCCc1ccc(S(=O)(=O)Nc2cc(-c3ccccc3)nn2C)cc1. The van der Waals surface area contributed by atoms with E-state index in [4.69, 9.17) is 0 Å². The number of sulfonamides is 1. The topological polar surface area (TPSA) is 64.0 Å². The molecular formula is C19H21N3O2S. The van der Waals surface area contributed by atoms with Gasteiger partial charge in [0.25, 0.3) is 10.0 Å². The van der Waals surface area contributed by atoms with Crippen LogP contribution in [0.25, 0.3) is 11.3 Å². The van der Waals surface area contributed by atoms with Crippen LogP contribution in [0, 0.1) is 0 Å². The molecular weight excluding hydrogens is 334 g/mol. The molecule has 0 unspecified atom stereocenters. The maximum atomic E-state index is 12.6. The molecule has 0 fully saturated rings. The Hall–Kier alpha value is -2.60. The van der Waals surface area contributed by atoms with Crippen LogP contribution in [0.5, 0.6) is 0 Å². The molecule has 130 valence electrons. The second-order valence-electron chi connectivity index (χ2n) is 5.90. The Morgan fingerprint density at radius 2 is 1.72 bits per heavy atom. The number of benzene rings is 2. The third-order valence-electron chi connectivity index (χ3n) is 3.96. The molecule has 3 aromatic rings. The summed E-state index contributed by atoms with van der Waals surface area (Å²) in [5.74, 6) is 0.427. The lowest BCUT2D eigenvalue weighted by atomic mass is 10.1. The Kier molecular flexibility index (Phi) is 4.90. The van der Waals surface area contributed by atoms with Crippen molar-refractivity contribution in [3.8, 4) is 11.3 Å². The van der Waals surface area contributed by atoms with Crippen LogP contribution in [0.4, 0.5) is 5.82 Å². The number of hydrogen-bond acceptors (Lipinski definition) is 3. The molecule has 0 saturated carbocycles. The Bertz CT molecular complexity index is 946. The number of nitrogens with zero attached hydrogens (tertiary/aromatic N) is 2. The lowest BCUT2D eigenvalue weighted by molar-refractivity contribution is 0.600. The third-order valence-corrected chi connectivity index (χ3v) is 5.33. The monoisotopic (exact) mass is 355 g/mol. The van der Waals surface area contributed by atoms with Gasteiger partial charge < -0.3 is 0 Å². The van der Waals surface area contributed by atoms with Crippen LogP contribution in [0.2, 0.25) is 0 Å². The predicted molar refractivity (Wildman–Crippen MR) is 99.9 cm³/mol. The quantitative estimate of drug-likeness (QED) is 0.731. The maximum Gasteiger partial charge on any atom is 0.263 e. The van der Waals surface area contributed by atoms with Crippen molar-refractivity contribution in [1.82, 2.24) is 9.78 Å². The number of aromatic nitrogens is 2. The summed E-state index contributed by atoms with van der Waals surface area (Å²) in [6.07, 6.45) is 1.97.